The number of methoxy groups -OCH3 is 1. The highest BCUT2D eigenvalue weighted by atomic mass is 16.5. The van der Waals surface area contributed by atoms with Crippen molar-refractivity contribution in [3.8, 4) is 17.6 Å². The van der Waals surface area contributed by atoms with Crippen molar-refractivity contribution < 1.29 is 9.47 Å². The van der Waals surface area contributed by atoms with Gasteiger partial charge in [-0.1, -0.05) is 0 Å². The number of hydrogen-bond donors (Lipinski definition) is 0. The first-order valence-corrected chi connectivity index (χ1v) is 9.71. The van der Waals surface area contributed by atoms with E-state index in [0.29, 0.717) is 29.6 Å². The average Bonchev–Trinajstić information content (AvgIpc) is 3.12. The van der Waals surface area contributed by atoms with Crippen molar-refractivity contribution in [1.82, 2.24) is 19.7 Å². The Morgan fingerprint density at radius 2 is 2.14 bits per heavy atom. The summed E-state index contributed by atoms with van der Waals surface area (Å²) in [6, 6.07) is 7.36. The van der Waals surface area contributed by atoms with Crippen LogP contribution in [-0.2, 0) is 7.05 Å². The molecule has 0 spiro atoms. The van der Waals surface area contributed by atoms with E-state index in [1.54, 1.807) is 30.0 Å². The molecule has 8 heteroatoms. The van der Waals surface area contributed by atoms with Gasteiger partial charge in [0.1, 0.15) is 11.6 Å². The van der Waals surface area contributed by atoms with Crippen LogP contribution in [0.4, 0.5) is 5.82 Å². The molecule has 0 amide bonds. The van der Waals surface area contributed by atoms with E-state index in [9.17, 15) is 0 Å². The Bertz CT molecular complexity index is 1070. The molecule has 1 saturated heterocycles. The Balaban J connectivity index is 1.49. The number of nitriles is 1. The van der Waals surface area contributed by atoms with E-state index < -0.39 is 0 Å². The molecule has 0 radical (unpaired) electrons. The number of anilines is 1. The summed E-state index contributed by atoms with van der Waals surface area (Å²) < 4.78 is 13.2. The van der Waals surface area contributed by atoms with Crippen LogP contribution in [0.1, 0.15) is 24.2 Å². The van der Waals surface area contributed by atoms with Crippen LogP contribution < -0.4 is 14.4 Å². The molecule has 3 heterocycles. The van der Waals surface area contributed by atoms with Crippen LogP contribution >= 0.6 is 0 Å². The molecule has 0 bridgehead atoms. The first-order valence-electron chi connectivity index (χ1n) is 9.71. The number of fused-ring (bicyclic) bond motifs is 1. The van der Waals surface area contributed by atoms with Crippen molar-refractivity contribution in [3.05, 3.63) is 35.8 Å². The van der Waals surface area contributed by atoms with Crippen LogP contribution in [0.2, 0.25) is 0 Å². The zero-order valence-electron chi connectivity index (χ0n) is 16.9. The van der Waals surface area contributed by atoms with E-state index in [2.05, 4.69) is 21.1 Å². The van der Waals surface area contributed by atoms with Crippen LogP contribution in [-0.4, -0.2) is 46.6 Å². The number of nitrogens with zero attached hydrogens (tertiary/aromatic N) is 6. The molecule has 1 aliphatic heterocycles. The lowest BCUT2D eigenvalue weighted by Crippen LogP contribution is -2.38. The van der Waals surface area contributed by atoms with Crippen molar-refractivity contribution in [3.63, 3.8) is 0 Å². The molecule has 0 saturated carbocycles. The van der Waals surface area contributed by atoms with Gasteiger partial charge in [-0.2, -0.15) is 10.4 Å². The lowest BCUT2D eigenvalue weighted by Gasteiger charge is -2.33. The first-order chi connectivity index (χ1) is 14.1. The third-order valence-corrected chi connectivity index (χ3v) is 5.27. The highest BCUT2D eigenvalue weighted by Crippen LogP contribution is 2.31. The van der Waals surface area contributed by atoms with E-state index in [-0.39, 0.29) is 0 Å². The average molecular weight is 392 g/mol. The van der Waals surface area contributed by atoms with Crippen molar-refractivity contribution in [2.45, 2.75) is 19.8 Å². The van der Waals surface area contributed by atoms with E-state index in [0.717, 1.165) is 48.6 Å². The number of ether oxygens (including phenoxy) is 2. The Labute approximate surface area is 169 Å². The summed E-state index contributed by atoms with van der Waals surface area (Å²) >= 11 is 0. The number of piperidine rings is 1. The highest BCUT2D eigenvalue weighted by Gasteiger charge is 2.24. The topological polar surface area (TPSA) is 89.1 Å². The number of benzene rings is 1. The molecular formula is C21H24N6O2. The number of hydrogen-bond acceptors (Lipinski definition) is 7. The summed E-state index contributed by atoms with van der Waals surface area (Å²) in [6.45, 7) is 4.31. The summed E-state index contributed by atoms with van der Waals surface area (Å²) in [5.74, 6) is 3.31. The van der Waals surface area contributed by atoms with Crippen molar-refractivity contribution in [2.75, 3.05) is 31.7 Å². The molecule has 150 valence electrons. The van der Waals surface area contributed by atoms with Gasteiger partial charge in [-0.05, 0) is 31.9 Å². The lowest BCUT2D eigenvalue weighted by atomic mass is 9.99. The second-order valence-corrected chi connectivity index (χ2v) is 7.34. The second-order valence-electron chi connectivity index (χ2n) is 7.34. The maximum absolute atomic E-state index is 9.05. The van der Waals surface area contributed by atoms with Crippen LogP contribution in [0.3, 0.4) is 0 Å². The molecule has 0 N–H and O–H groups in total. The quantitative estimate of drug-likeness (QED) is 0.659. The van der Waals surface area contributed by atoms with Gasteiger partial charge in [-0.3, -0.25) is 4.68 Å². The lowest BCUT2D eigenvalue weighted by molar-refractivity contribution is 0.220. The van der Waals surface area contributed by atoms with Crippen LogP contribution in [0.5, 0.6) is 11.5 Å². The molecule has 0 aliphatic carbocycles. The summed E-state index contributed by atoms with van der Waals surface area (Å²) in [5, 5.41) is 14.4. The van der Waals surface area contributed by atoms with Gasteiger partial charge in [0.15, 0.2) is 17.1 Å². The maximum atomic E-state index is 9.05. The van der Waals surface area contributed by atoms with Gasteiger partial charge in [0, 0.05) is 32.1 Å². The molecule has 1 aliphatic rings. The standard InChI is InChI=1S/C21H24N6O2/c1-14-24-20-17(11-23-26(20)2)21(25-14)27-8-4-5-16(12-27)13-29-18-7-6-15(10-22)9-19(18)28-3/h6-7,9,11,16H,4-5,8,12-13H2,1-3H3. The van der Waals surface area contributed by atoms with E-state index in [1.165, 1.54) is 0 Å². The predicted molar refractivity (Wildman–Crippen MR) is 109 cm³/mol. The fourth-order valence-electron chi connectivity index (χ4n) is 3.81. The molecule has 1 aromatic carbocycles. The molecule has 29 heavy (non-hydrogen) atoms. The molecular weight excluding hydrogens is 368 g/mol. The van der Waals surface area contributed by atoms with Gasteiger partial charge in [0.25, 0.3) is 0 Å². The van der Waals surface area contributed by atoms with Gasteiger partial charge >= 0.3 is 0 Å². The fraction of sp³-hybridized carbons (Fsp3) is 0.429. The van der Waals surface area contributed by atoms with Gasteiger partial charge in [0.2, 0.25) is 0 Å². The van der Waals surface area contributed by atoms with Gasteiger partial charge in [-0.15, -0.1) is 0 Å². The molecule has 1 fully saturated rings. The number of rotatable bonds is 5. The number of aromatic nitrogens is 4. The largest absolute Gasteiger partial charge is 0.493 e. The van der Waals surface area contributed by atoms with Gasteiger partial charge in [0.05, 0.1) is 36.9 Å². The minimum Gasteiger partial charge on any atom is -0.493 e. The van der Waals surface area contributed by atoms with Crippen LogP contribution in [0.25, 0.3) is 11.0 Å². The molecule has 4 rings (SSSR count). The Hall–Kier alpha value is -3.34. The summed E-state index contributed by atoms with van der Waals surface area (Å²) in [4.78, 5) is 11.5. The summed E-state index contributed by atoms with van der Waals surface area (Å²) in [7, 11) is 3.48. The van der Waals surface area contributed by atoms with Gasteiger partial charge in [-0.25, -0.2) is 9.97 Å². The minimum atomic E-state index is 0.367. The predicted octanol–water partition coefficient (Wildman–Crippen LogP) is 2.85. The molecule has 3 aromatic rings. The first kappa shape index (κ1) is 19.0. The van der Waals surface area contributed by atoms with Crippen LogP contribution in [0.15, 0.2) is 24.4 Å². The SMILES string of the molecule is COc1cc(C#N)ccc1OCC1CCCN(c2nc(C)nc3c2cnn3C)C1. The molecule has 8 nitrogen and oxygen atoms in total. The minimum absolute atomic E-state index is 0.367. The van der Waals surface area contributed by atoms with Crippen molar-refractivity contribution >= 4 is 16.9 Å². The molecule has 1 atom stereocenters. The van der Waals surface area contributed by atoms with Crippen LogP contribution in [0, 0.1) is 24.2 Å². The summed E-state index contributed by atoms with van der Waals surface area (Å²) in [6.07, 6.45) is 4.00. The normalized spacial score (nSPS) is 16.6. The zero-order valence-corrected chi connectivity index (χ0v) is 16.9. The Morgan fingerprint density at radius 3 is 2.93 bits per heavy atom. The third-order valence-electron chi connectivity index (χ3n) is 5.27. The third kappa shape index (κ3) is 3.81. The smallest absolute Gasteiger partial charge is 0.163 e. The highest BCUT2D eigenvalue weighted by molar-refractivity contribution is 5.87. The maximum Gasteiger partial charge on any atom is 0.163 e. The number of aryl methyl sites for hydroxylation is 2. The fourth-order valence-corrected chi connectivity index (χ4v) is 3.81. The second kappa shape index (κ2) is 7.95. The Kier molecular flexibility index (Phi) is 5.21. The molecule has 2 aromatic heterocycles. The van der Waals surface area contributed by atoms with E-state index >= 15 is 0 Å². The molecule has 1 unspecified atom stereocenters. The van der Waals surface area contributed by atoms with E-state index in [1.807, 2.05) is 20.2 Å². The van der Waals surface area contributed by atoms with E-state index in [4.69, 9.17) is 19.7 Å². The Morgan fingerprint density at radius 1 is 1.28 bits per heavy atom. The van der Waals surface area contributed by atoms with Crippen molar-refractivity contribution in [1.29, 1.82) is 5.26 Å². The van der Waals surface area contributed by atoms with Crippen molar-refractivity contribution in [2.24, 2.45) is 13.0 Å². The van der Waals surface area contributed by atoms with Gasteiger partial charge < -0.3 is 14.4 Å². The monoisotopic (exact) mass is 392 g/mol. The summed E-state index contributed by atoms with van der Waals surface area (Å²) in [5.41, 5.74) is 1.41. The zero-order chi connectivity index (χ0) is 20.4.